The molecule has 0 fully saturated rings. The molecule has 1 aliphatic heterocycles. The quantitative estimate of drug-likeness (QED) is 0.640. The summed E-state index contributed by atoms with van der Waals surface area (Å²) in [6.07, 6.45) is 0.285. The summed E-state index contributed by atoms with van der Waals surface area (Å²) in [6.45, 7) is 0. The van der Waals surface area contributed by atoms with E-state index in [4.69, 9.17) is 21.1 Å². The van der Waals surface area contributed by atoms with Crippen molar-refractivity contribution in [1.29, 1.82) is 0 Å². The average molecular weight is 380 g/mol. The van der Waals surface area contributed by atoms with Crippen LogP contribution < -0.4 is 14.8 Å². The van der Waals surface area contributed by atoms with Crippen LogP contribution >= 0.6 is 11.6 Å². The van der Waals surface area contributed by atoms with Crippen LogP contribution in [0.3, 0.4) is 0 Å². The lowest BCUT2D eigenvalue weighted by atomic mass is 9.85. The van der Waals surface area contributed by atoms with Gasteiger partial charge in [0.15, 0.2) is 5.75 Å². The molecule has 0 bridgehead atoms. The number of methoxy groups -OCH3 is 1. The molecule has 0 aromatic heterocycles. The summed E-state index contributed by atoms with van der Waals surface area (Å²) < 4.78 is 11.3. The molecule has 136 valence electrons. The van der Waals surface area contributed by atoms with Crippen molar-refractivity contribution in [3.63, 3.8) is 0 Å². The van der Waals surface area contributed by atoms with Gasteiger partial charge in [-0.05, 0) is 24.3 Å². The fourth-order valence-electron chi connectivity index (χ4n) is 3.43. The first-order valence-corrected chi connectivity index (χ1v) is 9.03. The van der Waals surface area contributed by atoms with Gasteiger partial charge in [-0.2, -0.15) is 0 Å². The number of carbonyl (C=O) groups excluding carboxylic acids is 1. The van der Waals surface area contributed by atoms with E-state index in [0.717, 1.165) is 22.6 Å². The van der Waals surface area contributed by atoms with Crippen LogP contribution in [0.4, 0.5) is 5.69 Å². The third-order valence-corrected chi connectivity index (χ3v) is 4.94. The van der Waals surface area contributed by atoms with Gasteiger partial charge >= 0.3 is 0 Å². The van der Waals surface area contributed by atoms with Gasteiger partial charge in [-0.1, -0.05) is 54.1 Å². The van der Waals surface area contributed by atoms with E-state index >= 15 is 0 Å². The molecule has 0 atom stereocenters. The SMILES string of the molecule is COc1c(Cl)cccc1NC(=O)CC1c2ccccc2Oc2ccccc21. The Morgan fingerprint density at radius 2 is 1.63 bits per heavy atom. The van der Waals surface area contributed by atoms with Gasteiger partial charge in [0.05, 0.1) is 17.8 Å². The Morgan fingerprint density at radius 3 is 2.26 bits per heavy atom. The Hall–Kier alpha value is -2.98. The normalized spacial score (nSPS) is 12.5. The van der Waals surface area contributed by atoms with E-state index in [1.165, 1.54) is 7.11 Å². The maximum absolute atomic E-state index is 12.8. The minimum Gasteiger partial charge on any atom is -0.493 e. The summed E-state index contributed by atoms with van der Waals surface area (Å²) in [5, 5.41) is 3.38. The van der Waals surface area contributed by atoms with E-state index < -0.39 is 0 Å². The van der Waals surface area contributed by atoms with Crippen LogP contribution in [-0.2, 0) is 4.79 Å². The molecule has 0 saturated carbocycles. The number of hydrogen-bond donors (Lipinski definition) is 1. The zero-order valence-corrected chi connectivity index (χ0v) is 15.5. The van der Waals surface area contributed by atoms with Crippen molar-refractivity contribution in [2.24, 2.45) is 0 Å². The molecule has 0 radical (unpaired) electrons. The highest BCUT2D eigenvalue weighted by molar-refractivity contribution is 6.32. The fourth-order valence-corrected chi connectivity index (χ4v) is 3.68. The first kappa shape index (κ1) is 17.4. The number of ether oxygens (including phenoxy) is 2. The van der Waals surface area contributed by atoms with E-state index in [-0.39, 0.29) is 18.2 Å². The number of anilines is 1. The lowest BCUT2D eigenvalue weighted by Gasteiger charge is -2.28. The van der Waals surface area contributed by atoms with E-state index in [9.17, 15) is 4.79 Å². The number of halogens is 1. The minimum absolute atomic E-state index is 0.0867. The van der Waals surface area contributed by atoms with E-state index in [2.05, 4.69) is 5.32 Å². The Bertz CT molecular complexity index is 957. The molecule has 3 aromatic rings. The summed E-state index contributed by atoms with van der Waals surface area (Å²) in [7, 11) is 1.53. The first-order valence-electron chi connectivity index (χ1n) is 8.65. The summed E-state index contributed by atoms with van der Waals surface area (Å²) in [4.78, 5) is 12.8. The highest BCUT2D eigenvalue weighted by Gasteiger charge is 2.28. The van der Waals surface area contributed by atoms with Crippen molar-refractivity contribution in [2.45, 2.75) is 12.3 Å². The van der Waals surface area contributed by atoms with Gasteiger partial charge in [-0.25, -0.2) is 0 Å². The second-order valence-electron chi connectivity index (χ2n) is 6.30. The molecule has 1 amide bonds. The Labute approximate surface area is 162 Å². The fraction of sp³-hybridized carbons (Fsp3) is 0.136. The van der Waals surface area contributed by atoms with Gasteiger partial charge in [-0.15, -0.1) is 0 Å². The molecule has 5 heteroatoms. The number of rotatable bonds is 4. The predicted octanol–water partition coefficient (Wildman–Crippen LogP) is 5.62. The second-order valence-corrected chi connectivity index (χ2v) is 6.71. The molecule has 27 heavy (non-hydrogen) atoms. The van der Waals surface area contributed by atoms with Gasteiger partial charge in [0.25, 0.3) is 0 Å². The summed E-state index contributed by atoms with van der Waals surface area (Å²) >= 11 is 6.15. The smallest absolute Gasteiger partial charge is 0.225 e. The number of para-hydroxylation sites is 3. The first-order chi connectivity index (χ1) is 13.2. The topological polar surface area (TPSA) is 47.6 Å². The summed E-state index contributed by atoms with van der Waals surface area (Å²) in [5.74, 6) is 1.83. The van der Waals surface area contributed by atoms with Crippen LogP contribution in [0.5, 0.6) is 17.2 Å². The van der Waals surface area contributed by atoms with Crippen molar-refractivity contribution in [1.82, 2.24) is 0 Å². The van der Waals surface area contributed by atoms with Crippen LogP contribution in [0.25, 0.3) is 0 Å². The van der Waals surface area contributed by atoms with Gasteiger partial charge in [0, 0.05) is 23.5 Å². The van der Waals surface area contributed by atoms with Crippen molar-refractivity contribution < 1.29 is 14.3 Å². The Balaban J connectivity index is 1.63. The van der Waals surface area contributed by atoms with E-state index in [0.29, 0.717) is 16.5 Å². The van der Waals surface area contributed by atoms with Gasteiger partial charge in [-0.3, -0.25) is 4.79 Å². The number of hydrogen-bond acceptors (Lipinski definition) is 3. The lowest BCUT2D eigenvalue weighted by Crippen LogP contribution is -2.19. The van der Waals surface area contributed by atoms with Gasteiger partial charge < -0.3 is 14.8 Å². The highest BCUT2D eigenvalue weighted by Crippen LogP contribution is 2.45. The van der Waals surface area contributed by atoms with Crippen molar-refractivity contribution in [3.05, 3.63) is 82.9 Å². The van der Waals surface area contributed by atoms with Gasteiger partial charge in [0.2, 0.25) is 5.91 Å². The molecule has 0 saturated heterocycles. The maximum atomic E-state index is 12.8. The number of fused-ring (bicyclic) bond motifs is 2. The van der Waals surface area contributed by atoms with Crippen LogP contribution in [0.2, 0.25) is 5.02 Å². The zero-order chi connectivity index (χ0) is 18.8. The Morgan fingerprint density at radius 1 is 1.00 bits per heavy atom. The van der Waals surface area contributed by atoms with Crippen LogP contribution in [-0.4, -0.2) is 13.0 Å². The molecule has 0 aliphatic carbocycles. The number of amides is 1. The molecule has 4 nitrogen and oxygen atoms in total. The molecule has 0 unspecified atom stereocenters. The number of carbonyl (C=O) groups is 1. The predicted molar refractivity (Wildman–Crippen MR) is 106 cm³/mol. The molecular formula is C22H18ClNO3. The number of benzene rings is 3. The van der Waals surface area contributed by atoms with Crippen molar-refractivity contribution >= 4 is 23.2 Å². The molecule has 0 spiro atoms. The summed E-state index contributed by atoms with van der Waals surface area (Å²) in [6, 6.07) is 20.9. The van der Waals surface area contributed by atoms with E-state index in [1.54, 1.807) is 18.2 Å². The molecular weight excluding hydrogens is 362 g/mol. The van der Waals surface area contributed by atoms with Crippen molar-refractivity contribution in [2.75, 3.05) is 12.4 Å². The summed E-state index contributed by atoms with van der Waals surface area (Å²) in [5.41, 5.74) is 2.57. The maximum Gasteiger partial charge on any atom is 0.225 e. The molecule has 3 aromatic carbocycles. The van der Waals surface area contributed by atoms with Crippen LogP contribution in [0.1, 0.15) is 23.5 Å². The second kappa shape index (κ2) is 7.33. The molecule has 4 rings (SSSR count). The molecule has 1 aliphatic rings. The number of nitrogens with one attached hydrogen (secondary N) is 1. The highest BCUT2D eigenvalue weighted by atomic mass is 35.5. The van der Waals surface area contributed by atoms with Crippen molar-refractivity contribution in [3.8, 4) is 17.2 Å². The van der Waals surface area contributed by atoms with Crippen LogP contribution in [0, 0.1) is 0 Å². The van der Waals surface area contributed by atoms with E-state index in [1.807, 2.05) is 48.5 Å². The largest absolute Gasteiger partial charge is 0.493 e. The van der Waals surface area contributed by atoms with Crippen LogP contribution in [0.15, 0.2) is 66.7 Å². The Kier molecular flexibility index (Phi) is 4.73. The lowest BCUT2D eigenvalue weighted by molar-refractivity contribution is -0.116. The average Bonchev–Trinajstić information content (AvgIpc) is 2.68. The molecule has 1 heterocycles. The zero-order valence-electron chi connectivity index (χ0n) is 14.7. The van der Waals surface area contributed by atoms with Gasteiger partial charge in [0.1, 0.15) is 11.5 Å². The molecule has 1 N–H and O–H groups in total. The monoisotopic (exact) mass is 379 g/mol. The third kappa shape index (κ3) is 3.36. The standard InChI is InChI=1S/C22H18ClNO3/c1-26-22-17(23)9-6-10-18(22)24-21(25)13-16-14-7-2-4-11-19(14)27-20-12-5-3-8-15(16)20/h2-12,16H,13H2,1H3,(H,24,25). The third-order valence-electron chi connectivity index (χ3n) is 4.64. The minimum atomic E-state index is -0.118.